The van der Waals surface area contributed by atoms with Gasteiger partial charge in [-0.2, -0.15) is 0 Å². The van der Waals surface area contributed by atoms with Gasteiger partial charge < -0.3 is 0 Å². The maximum atomic E-state index is 5.57. The van der Waals surface area contributed by atoms with E-state index in [1.807, 2.05) is 12.3 Å². The predicted octanol–water partition coefficient (Wildman–Crippen LogP) is 2.37. The minimum absolute atomic E-state index is 0.0138. The normalized spacial score (nSPS) is 13.0. The van der Waals surface area contributed by atoms with Crippen LogP contribution in [-0.4, -0.2) is 4.98 Å². The first-order valence-corrected chi connectivity index (χ1v) is 6.40. The largest absolute Gasteiger partial charge is 0.271 e. The van der Waals surface area contributed by atoms with Gasteiger partial charge in [-0.05, 0) is 30.9 Å². The van der Waals surface area contributed by atoms with Crippen molar-refractivity contribution in [3.8, 4) is 0 Å². The van der Waals surface area contributed by atoms with Crippen molar-refractivity contribution in [3.05, 3.63) is 38.0 Å². The van der Waals surface area contributed by atoms with E-state index in [9.17, 15) is 0 Å². The first-order chi connectivity index (χ1) is 7.20. The number of aryl methyl sites for hydroxylation is 2. The van der Waals surface area contributed by atoms with E-state index in [0.29, 0.717) is 0 Å². The molecule has 0 bridgehead atoms. The van der Waals surface area contributed by atoms with Crippen molar-refractivity contribution in [3.63, 3.8) is 0 Å². The number of nitrogens with one attached hydrogen (secondary N) is 1. The van der Waals surface area contributed by atoms with Gasteiger partial charge in [0, 0.05) is 10.3 Å². The number of hydrazine groups is 1. The molecular weight excluding hydrogens is 226 g/mol. The molecule has 0 amide bonds. The maximum Gasteiger partial charge on any atom is 0.0898 e. The van der Waals surface area contributed by atoms with Crippen molar-refractivity contribution in [1.29, 1.82) is 0 Å². The highest BCUT2D eigenvalue weighted by Gasteiger charge is 2.16. The standard InChI is InChI=1S/C10H13N3S2/c1-6-3-8(4-14-6)10(13-11)9-5-15-7(2)12-9/h3-5,10,13H,11H2,1-2H3. The molecule has 2 aromatic heterocycles. The third kappa shape index (κ3) is 2.26. The highest BCUT2D eigenvalue weighted by Crippen LogP contribution is 2.26. The summed E-state index contributed by atoms with van der Waals surface area (Å²) in [5.41, 5.74) is 5.00. The van der Waals surface area contributed by atoms with Gasteiger partial charge in [-0.15, -0.1) is 22.7 Å². The summed E-state index contributed by atoms with van der Waals surface area (Å²) in [5.74, 6) is 5.57. The number of nitrogens with zero attached hydrogens (tertiary/aromatic N) is 1. The molecule has 2 heterocycles. The fourth-order valence-corrected chi connectivity index (χ4v) is 2.85. The van der Waals surface area contributed by atoms with Crippen molar-refractivity contribution in [2.24, 2.45) is 5.84 Å². The molecule has 2 rings (SSSR count). The van der Waals surface area contributed by atoms with Gasteiger partial charge in [0.2, 0.25) is 0 Å². The van der Waals surface area contributed by atoms with Crippen LogP contribution in [0.3, 0.4) is 0 Å². The number of hydrogen-bond acceptors (Lipinski definition) is 5. The molecule has 0 aliphatic rings. The molecule has 2 aromatic rings. The zero-order valence-electron chi connectivity index (χ0n) is 8.65. The molecule has 5 heteroatoms. The number of aromatic nitrogens is 1. The van der Waals surface area contributed by atoms with Gasteiger partial charge in [0.05, 0.1) is 16.7 Å². The van der Waals surface area contributed by atoms with Crippen LogP contribution in [0.15, 0.2) is 16.8 Å². The number of hydrogen-bond donors (Lipinski definition) is 2. The van der Waals surface area contributed by atoms with Crippen molar-refractivity contribution in [1.82, 2.24) is 10.4 Å². The molecular formula is C10H13N3S2. The summed E-state index contributed by atoms with van der Waals surface area (Å²) in [6.07, 6.45) is 0. The highest BCUT2D eigenvalue weighted by atomic mass is 32.1. The average Bonchev–Trinajstić information content (AvgIpc) is 2.78. The molecule has 1 atom stereocenters. The third-order valence-corrected chi connectivity index (χ3v) is 3.85. The Bertz CT molecular complexity index is 407. The molecule has 0 spiro atoms. The molecule has 0 aliphatic carbocycles. The lowest BCUT2D eigenvalue weighted by Gasteiger charge is -2.11. The molecule has 3 nitrogen and oxygen atoms in total. The molecule has 0 fully saturated rings. The Morgan fingerprint density at radius 1 is 1.33 bits per heavy atom. The van der Waals surface area contributed by atoms with E-state index in [4.69, 9.17) is 5.84 Å². The Kier molecular flexibility index (Phi) is 3.16. The van der Waals surface area contributed by atoms with Crippen LogP contribution in [0.2, 0.25) is 0 Å². The molecule has 15 heavy (non-hydrogen) atoms. The van der Waals surface area contributed by atoms with Crippen LogP contribution in [-0.2, 0) is 0 Å². The van der Waals surface area contributed by atoms with E-state index in [0.717, 1.165) is 10.7 Å². The Hall–Kier alpha value is -0.750. The molecule has 0 aliphatic heterocycles. The number of thiazole rings is 1. The first kappa shape index (κ1) is 10.8. The van der Waals surface area contributed by atoms with Gasteiger partial charge in [0.15, 0.2) is 0 Å². The van der Waals surface area contributed by atoms with Crippen LogP contribution in [0.25, 0.3) is 0 Å². The summed E-state index contributed by atoms with van der Waals surface area (Å²) < 4.78 is 0. The summed E-state index contributed by atoms with van der Waals surface area (Å²) in [5, 5.41) is 5.23. The van der Waals surface area contributed by atoms with E-state index in [1.54, 1.807) is 22.7 Å². The summed E-state index contributed by atoms with van der Waals surface area (Å²) >= 11 is 3.38. The zero-order valence-corrected chi connectivity index (χ0v) is 10.3. The Morgan fingerprint density at radius 2 is 2.13 bits per heavy atom. The summed E-state index contributed by atoms with van der Waals surface area (Å²) in [7, 11) is 0. The Balaban J connectivity index is 2.32. The van der Waals surface area contributed by atoms with Gasteiger partial charge in [-0.25, -0.2) is 10.4 Å². The van der Waals surface area contributed by atoms with E-state index < -0.39 is 0 Å². The quantitative estimate of drug-likeness (QED) is 0.638. The van der Waals surface area contributed by atoms with Gasteiger partial charge in [0.25, 0.3) is 0 Å². The Labute approximate surface area is 96.9 Å². The maximum absolute atomic E-state index is 5.57. The van der Waals surface area contributed by atoms with Crippen molar-refractivity contribution in [2.75, 3.05) is 0 Å². The van der Waals surface area contributed by atoms with E-state index >= 15 is 0 Å². The number of nitrogens with two attached hydrogens (primary N) is 1. The van der Waals surface area contributed by atoms with E-state index in [1.165, 1.54) is 10.4 Å². The minimum Gasteiger partial charge on any atom is -0.271 e. The zero-order chi connectivity index (χ0) is 10.8. The van der Waals surface area contributed by atoms with Crippen LogP contribution in [0.5, 0.6) is 0 Å². The Morgan fingerprint density at radius 3 is 2.60 bits per heavy atom. The first-order valence-electron chi connectivity index (χ1n) is 4.64. The summed E-state index contributed by atoms with van der Waals surface area (Å²) in [6.45, 7) is 4.09. The van der Waals surface area contributed by atoms with Crippen LogP contribution in [0.1, 0.15) is 27.2 Å². The second kappa shape index (κ2) is 4.40. The predicted molar refractivity (Wildman–Crippen MR) is 65.1 cm³/mol. The highest BCUT2D eigenvalue weighted by molar-refractivity contribution is 7.10. The fraction of sp³-hybridized carbons (Fsp3) is 0.300. The molecule has 0 aromatic carbocycles. The van der Waals surface area contributed by atoms with Crippen LogP contribution in [0, 0.1) is 13.8 Å². The summed E-state index contributed by atoms with van der Waals surface area (Å²) in [6, 6.07) is 2.16. The fourth-order valence-electron chi connectivity index (χ4n) is 1.48. The lowest BCUT2D eigenvalue weighted by atomic mass is 10.1. The molecule has 0 saturated carbocycles. The smallest absolute Gasteiger partial charge is 0.0898 e. The molecule has 1 unspecified atom stereocenters. The number of thiophene rings is 1. The van der Waals surface area contributed by atoms with E-state index in [2.05, 4.69) is 28.8 Å². The van der Waals surface area contributed by atoms with Gasteiger partial charge in [0.1, 0.15) is 0 Å². The second-order valence-electron chi connectivity index (χ2n) is 3.38. The van der Waals surface area contributed by atoms with E-state index in [-0.39, 0.29) is 6.04 Å². The monoisotopic (exact) mass is 239 g/mol. The van der Waals surface area contributed by atoms with Crippen molar-refractivity contribution in [2.45, 2.75) is 19.9 Å². The van der Waals surface area contributed by atoms with Crippen molar-refractivity contribution >= 4 is 22.7 Å². The lowest BCUT2D eigenvalue weighted by molar-refractivity contribution is 0.625. The van der Waals surface area contributed by atoms with Gasteiger partial charge in [-0.3, -0.25) is 5.84 Å². The molecule has 3 N–H and O–H groups in total. The molecule has 0 radical (unpaired) electrons. The van der Waals surface area contributed by atoms with Crippen LogP contribution in [0.4, 0.5) is 0 Å². The molecule has 0 saturated heterocycles. The topological polar surface area (TPSA) is 50.9 Å². The number of rotatable bonds is 3. The van der Waals surface area contributed by atoms with Crippen molar-refractivity contribution < 1.29 is 0 Å². The molecule has 80 valence electrons. The van der Waals surface area contributed by atoms with Gasteiger partial charge >= 0.3 is 0 Å². The second-order valence-corrected chi connectivity index (χ2v) is 5.56. The minimum atomic E-state index is 0.0138. The summed E-state index contributed by atoms with van der Waals surface area (Å²) in [4.78, 5) is 5.74. The SMILES string of the molecule is Cc1cc(C(NN)c2csc(C)n2)cs1. The van der Waals surface area contributed by atoms with Crippen LogP contribution < -0.4 is 11.3 Å². The third-order valence-electron chi connectivity index (χ3n) is 2.18. The lowest BCUT2D eigenvalue weighted by Crippen LogP contribution is -2.28. The van der Waals surface area contributed by atoms with Crippen LogP contribution >= 0.6 is 22.7 Å². The van der Waals surface area contributed by atoms with Gasteiger partial charge in [-0.1, -0.05) is 0 Å². The average molecular weight is 239 g/mol.